The number of hydrogen-bond donors (Lipinski definition) is 0. The third kappa shape index (κ3) is 4.39. The molecule has 0 saturated carbocycles. The molecule has 0 aliphatic rings. The predicted octanol–water partition coefficient (Wildman–Crippen LogP) is 3.28. The number of halogens is 1. The maximum atomic E-state index is 12.8. The van der Waals surface area contributed by atoms with Crippen molar-refractivity contribution in [3.8, 4) is 5.69 Å². The van der Waals surface area contributed by atoms with Crippen LogP contribution in [0.4, 0.5) is 0 Å². The van der Waals surface area contributed by atoms with E-state index in [1.807, 2.05) is 26.0 Å². The Bertz CT molecular complexity index is 753. The molecular weight excluding hydrogens is 342 g/mol. The van der Waals surface area contributed by atoms with Gasteiger partial charge >= 0.3 is 5.97 Å². The molecule has 0 spiro atoms. The Balaban J connectivity index is 2.30. The fourth-order valence-electron chi connectivity index (χ4n) is 2.53. The third-order valence-electron chi connectivity index (χ3n) is 3.88. The van der Waals surface area contributed by atoms with Gasteiger partial charge in [-0.25, -0.2) is 4.68 Å². The molecule has 134 valence electrons. The first-order chi connectivity index (χ1) is 11.8. The monoisotopic (exact) mass is 363 g/mol. The Morgan fingerprint density at radius 1 is 1.28 bits per heavy atom. The highest BCUT2D eigenvalue weighted by atomic mass is 35.5. The first-order valence-electron chi connectivity index (χ1n) is 8.01. The predicted molar refractivity (Wildman–Crippen MR) is 96.3 cm³/mol. The number of methoxy groups -OCH3 is 1. The van der Waals surface area contributed by atoms with Gasteiger partial charge in [0.2, 0.25) is 0 Å². The second-order valence-corrected chi connectivity index (χ2v) is 6.48. The van der Waals surface area contributed by atoms with Crippen molar-refractivity contribution >= 4 is 23.5 Å². The number of ether oxygens (including phenoxy) is 1. The van der Waals surface area contributed by atoms with Crippen LogP contribution in [0.15, 0.2) is 30.5 Å². The van der Waals surface area contributed by atoms with E-state index in [9.17, 15) is 9.59 Å². The summed E-state index contributed by atoms with van der Waals surface area (Å²) in [5.41, 5.74) is 2.18. The lowest BCUT2D eigenvalue weighted by atomic mass is 10.0. The van der Waals surface area contributed by atoms with Gasteiger partial charge in [0.05, 0.1) is 36.7 Å². The number of carbonyl (C=O) groups is 2. The highest BCUT2D eigenvalue weighted by Crippen LogP contribution is 2.24. The topological polar surface area (TPSA) is 64.4 Å². The Hall–Kier alpha value is -2.34. The maximum Gasteiger partial charge on any atom is 0.307 e. The Morgan fingerprint density at radius 2 is 1.92 bits per heavy atom. The summed E-state index contributed by atoms with van der Waals surface area (Å²) in [4.78, 5) is 25.6. The summed E-state index contributed by atoms with van der Waals surface area (Å²) in [5.74, 6) is -0.431. The van der Waals surface area contributed by atoms with Crippen LogP contribution in [0.2, 0.25) is 5.02 Å². The number of benzene rings is 1. The van der Waals surface area contributed by atoms with E-state index < -0.39 is 0 Å². The molecule has 1 aromatic carbocycles. The molecule has 1 heterocycles. The zero-order valence-corrected chi connectivity index (χ0v) is 15.6. The molecule has 0 unspecified atom stereocenters. The fourth-order valence-corrected chi connectivity index (χ4v) is 2.66. The molecule has 2 aromatic rings. The zero-order chi connectivity index (χ0) is 18.6. The molecule has 7 heteroatoms. The quantitative estimate of drug-likeness (QED) is 0.739. The van der Waals surface area contributed by atoms with Crippen LogP contribution in [0, 0.1) is 0 Å². The SMILES string of the molecule is COC(=O)CCN(C)C(=O)c1cnn(-c2ccc(Cl)cc2)c1C(C)C. The molecule has 0 bridgehead atoms. The molecule has 0 radical (unpaired) electrons. The summed E-state index contributed by atoms with van der Waals surface area (Å²) in [7, 11) is 2.99. The van der Waals surface area contributed by atoms with Gasteiger partial charge in [0.15, 0.2) is 0 Å². The second-order valence-electron chi connectivity index (χ2n) is 6.04. The summed E-state index contributed by atoms with van der Waals surface area (Å²) in [6.07, 6.45) is 1.72. The number of aromatic nitrogens is 2. The van der Waals surface area contributed by atoms with Gasteiger partial charge in [-0.3, -0.25) is 9.59 Å². The van der Waals surface area contributed by atoms with Crippen molar-refractivity contribution in [2.24, 2.45) is 0 Å². The van der Waals surface area contributed by atoms with Crippen LogP contribution in [0.25, 0.3) is 5.69 Å². The summed E-state index contributed by atoms with van der Waals surface area (Å²) in [5, 5.41) is 5.03. The minimum atomic E-state index is -0.347. The Morgan fingerprint density at radius 3 is 2.48 bits per heavy atom. The highest BCUT2D eigenvalue weighted by Gasteiger charge is 2.23. The number of rotatable bonds is 6. The number of carbonyl (C=O) groups excluding carboxylic acids is 2. The number of nitrogens with zero attached hydrogens (tertiary/aromatic N) is 3. The van der Waals surface area contributed by atoms with Crippen LogP contribution < -0.4 is 0 Å². The van der Waals surface area contributed by atoms with Crippen molar-refractivity contribution in [1.82, 2.24) is 14.7 Å². The average molecular weight is 364 g/mol. The van der Waals surface area contributed by atoms with Gasteiger partial charge < -0.3 is 9.64 Å². The lowest BCUT2D eigenvalue weighted by molar-refractivity contribution is -0.140. The van der Waals surface area contributed by atoms with E-state index in [1.54, 1.807) is 30.1 Å². The lowest BCUT2D eigenvalue weighted by Gasteiger charge is -2.18. The van der Waals surface area contributed by atoms with E-state index in [-0.39, 0.29) is 30.8 Å². The van der Waals surface area contributed by atoms with Crippen LogP contribution in [0.3, 0.4) is 0 Å². The maximum absolute atomic E-state index is 12.8. The van der Waals surface area contributed by atoms with Crippen LogP contribution in [0.5, 0.6) is 0 Å². The standard InChI is InChI=1S/C18H22ClN3O3/c1-12(2)17-15(18(24)21(3)10-9-16(23)25-4)11-20-22(17)14-7-5-13(19)6-8-14/h5-8,11-12H,9-10H2,1-4H3. The molecule has 25 heavy (non-hydrogen) atoms. The van der Waals surface area contributed by atoms with E-state index in [1.165, 1.54) is 12.0 Å². The van der Waals surface area contributed by atoms with Gasteiger partial charge in [0.25, 0.3) is 5.91 Å². The van der Waals surface area contributed by atoms with Gasteiger partial charge in [-0.1, -0.05) is 25.4 Å². The van der Waals surface area contributed by atoms with E-state index in [4.69, 9.17) is 11.6 Å². The molecule has 0 saturated heterocycles. The van der Waals surface area contributed by atoms with Crippen molar-refractivity contribution < 1.29 is 14.3 Å². The van der Waals surface area contributed by atoms with Gasteiger partial charge in [-0.2, -0.15) is 5.10 Å². The fraction of sp³-hybridized carbons (Fsp3) is 0.389. The van der Waals surface area contributed by atoms with Crippen molar-refractivity contribution in [2.75, 3.05) is 20.7 Å². The largest absolute Gasteiger partial charge is 0.469 e. The van der Waals surface area contributed by atoms with Gasteiger partial charge in [-0.05, 0) is 30.2 Å². The lowest BCUT2D eigenvalue weighted by Crippen LogP contribution is -2.30. The molecular formula is C18H22ClN3O3. The molecule has 0 atom stereocenters. The number of amides is 1. The molecule has 1 amide bonds. The molecule has 0 aliphatic heterocycles. The van der Waals surface area contributed by atoms with E-state index in [0.29, 0.717) is 10.6 Å². The Labute approximate surface area is 152 Å². The van der Waals surface area contributed by atoms with Crippen LogP contribution in [-0.4, -0.2) is 47.3 Å². The van der Waals surface area contributed by atoms with Crippen LogP contribution >= 0.6 is 11.6 Å². The van der Waals surface area contributed by atoms with Gasteiger partial charge in [-0.15, -0.1) is 0 Å². The van der Waals surface area contributed by atoms with Gasteiger partial charge in [0, 0.05) is 18.6 Å². The first-order valence-corrected chi connectivity index (χ1v) is 8.39. The van der Waals surface area contributed by atoms with Gasteiger partial charge in [0.1, 0.15) is 0 Å². The summed E-state index contributed by atoms with van der Waals surface area (Å²) < 4.78 is 6.37. The summed E-state index contributed by atoms with van der Waals surface area (Å²) in [6.45, 7) is 4.30. The molecule has 1 aromatic heterocycles. The van der Waals surface area contributed by atoms with Crippen LogP contribution in [0.1, 0.15) is 42.2 Å². The number of hydrogen-bond acceptors (Lipinski definition) is 4. The van der Waals surface area contributed by atoms with Crippen molar-refractivity contribution in [3.05, 3.63) is 46.7 Å². The molecule has 6 nitrogen and oxygen atoms in total. The Kier molecular flexibility index (Phi) is 6.20. The zero-order valence-electron chi connectivity index (χ0n) is 14.8. The molecule has 0 aliphatic carbocycles. The smallest absolute Gasteiger partial charge is 0.307 e. The van der Waals surface area contributed by atoms with E-state index in [0.717, 1.165) is 11.4 Å². The van der Waals surface area contributed by atoms with Crippen molar-refractivity contribution in [1.29, 1.82) is 0 Å². The number of esters is 1. The summed E-state index contributed by atoms with van der Waals surface area (Å²) in [6, 6.07) is 7.28. The summed E-state index contributed by atoms with van der Waals surface area (Å²) >= 11 is 5.94. The highest BCUT2D eigenvalue weighted by molar-refractivity contribution is 6.30. The molecule has 0 fully saturated rings. The van der Waals surface area contributed by atoms with Crippen LogP contribution in [-0.2, 0) is 9.53 Å². The average Bonchev–Trinajstić information content (AvgIpc) is 3.04. The first kappa shape index (κ1) is 19.0. The molecule has 2 rings (SSSR count). The second kappa shape index (κ2) is 8.16. The minimum Gasteiger partial charge on any atom is -0.469 e. The third-order valence-corrected chi connectivity index (χ3v) is 4.13. The van der Waals surface area contributed by atoms with E-state index in [2.05, 4.69) is 9.84 Å². The molecule has 0 N–H and O–H groups in total. The normalized spacial score (nSPS) is 10.8. The van der Waals surface area contributed by atoms with Crippen molar-refractivity contribution in [3.63, 3.8) is 0 Å². The van der Waals surface area contributed by atoms with Crippen molar-refractivity contribution in [2.45, 2.75) is 26.2 Å². The van der Waals surface area contributed by atoms with E-state index >= 15 is 0 Å². The minimum absolute atomic E-state index is 0.0890.